The maximum atomic E-state index is 12.7. The summed E-state index contributed by atoms with van der Waals surface area (Å²) in [6.07, 6.45) is 0.366. The lowest BCUT2D eigenvalue weighted by molar-refractivity contribution is -0.148. The molecule has 2 atom stereocenters. The fraction of sp³-hybridized carbons (Fsp3) is 0.545. The van der Waals surface area contributed by atoms with Gasteiger partial charge < -0.3 is 15.2 Å². The minimum Gasteiger partial charge on any atom is -0.481 e. The highest BCUT2D eigenvalue weighted by atomic mass is 16.5. The summed E-state index contributed by atoms with van der Waals surface area (Å²) in [5.41, 5.74) is 0.855. The third-order valence-electron chi connectivity index (χ3n) is 4.48. The SMILES string of the molecule is CCC(=O)[C@H](CCC(=O)O)NC(=O)[C@@H](CC(=O)OCc1ccccc1)CC(C)C. The summed E-state index contributed by atoms with van der Waals surface area (Å²) in [6.45, 7) is 5.67. The number of nitrogens with one attached hydrogen (secondary N) is 1. The van der Waals surface area contributed by atoms with E-state index in [-0.39, 0.29) is 44.0 Å². The smallest absolute Gasteiger partial charge is 0.306 e. The van der Waals surface area contributed by atoms with Gasteiger partial charge in [0.2, 0.25) is 5.91 Å². The summed E-state index contributed by atoms with van der Waals surface area (Å²) in [5, 5.41) is 11.5. The summed E-state index contributed by atoms with van der Waals surface area (Å²) in [5.74, 6) is -2.65. The summed E-state index contributed by atoms with van der Waals surface area (Å²) in [7, 11) is 0. The van der Waals surface area contributed by atoms with Crippen LogP contribution in [0.4, 0.5) is 0 Å². The molecule has 0 spiro atoms. The first-order valence-corrected chi connectivity index (χ1v) is 9.97. The summed E-state index contributed by atoms with van der Waals surface area (Å²) in [4.78, 5) is 47.9. The molecule has 0 aromatic heterocycles. The lowest BCUT2D eigenvalue weighted by atomic mass is 9.92. The van der Waals surface area contributed by atoms with Crippen molar-refractivity contribution in [2.45, 2.75) is 65.5 Å². The van der Waals surface area contributed by atoms with Gasteiger partial charge in [-0.15, -0.1) is 0 Å². The molecule has 7 heteroatoms. The molecule has 0 heterocycles. The minimum absolute atomic E-state index is 0.0284. The van der Waals surface area contributed by atoms with Crippen LogP contribution in [0.15, 0.2) is 30.3 Å². The highest BCUT2D eigenvalue weighted by molar-refractivity contribution is 5.91. The van der Waals surface area contributed by atoms with Crippen LogP contribution in [-0.2, 0) is 30.5 Å². The number of carboxylic acid groups (broad SMARTS) is 1. The first-order chi connectivity index (χ1) is 13.7. The monoisotopic (exact) mass is 405 g/mol. The predicted molar refractivity (Wildman–Crippen MR) is 108 cm³/mol. The molecule has 2 N–H and O–H groups in total. The zero-order chi connectivity index (χ0) is 21.8. The van der Waals surface area contributed by atoms with Crippen LogP contribution in [0.2, 0.25) is 0 Å². The Hall–Kier alpha value is -2.70. The first kappa shape index (κ1) is 24.3. The van der Waals surface area contributed by atoms with Gasteiger partial charge in [-0.2, -0.15) is 0 Å². The second kappa shape index (κ2) is 12.7. The fourth-order valence-corrected chi connectivity index (χ4v) is 2.97. The number of ether oxygens (including phenoxy) is 1. The molecule has 0 saturated heterocycles. The van der Waals surface area contributed by atoms with Crippen molar-refractivity contribution in [3.63, 3.8) is 0 Å². The molecule has 1 amide bonds. The number of hydrogen-bond donors (Lipinski definition) is 2. The minimum atomic E-state index is -1.03. The molecule has 0 unspecified atom stereocenters. The summed E-state index contributed by atoms with van der Waals surface area (Å²) in [6, 6.07) is 8.38. The Morgan fingerprint density at radius 1 is 1.10 bits per heavy atom. The van der Waals surface area contributed by atoms with Gasteiger partial charge in [0, 0.05) is 18.8 Å². The molecule has 0 aliphatic rings. The van der Waals surface area contributed by atoms with E-state index in [0.29, 0.717) is 6.42 Å². The Bertz CT molecular complexity index is 686. The number of Topliss-reactive ketones (excluding diaryl/α,β-unsaturated/α-hetero) is 1. The van der Waals surface area contributed by atoms with Gasteiger partial charge >= 0.3 is 11.9 Å². The van der Waals surface area contributed by atoms with Gasteiger partial charge in [-0.3, -0.25) is 19.2 Å². The van der Waals surface area contributed by atoms with E-state index >= 15 is 0 Å². The van der Waals surface area contributed by atoms with Crippen LogP contribution >= 0.6 is 0 Å². The van der Waals surface area contributed by atoms with Crippen molar-refractivity contribution >= 4 is 23.6 Å². The van der Waals surface area contributed by atoms with Crippen LogP contribution in [-0.4, -0.2) is 34.8 Å². The lowest BCUT2D eigenvalue weighted by Gasteiger charge is -2.22. The van der Waals surface area contributed by atoms with Crippen molar-refractivity contribution in [1.29, 1.82) is 0 Å². The van der Waals surface area contributed by atoms with Crippen LogP contribution in [0.3, 0.4) is 0 Å². The van der Waals surface area contributed by atoms with Crippen molar-refractivity contribution in [1.82, 2.24) is 5.32 Å². The zero-order valence-corrected chi connectivity index (χ0v) is 17.3. The number of benzene rings is 1. The van der Waals surface area contributed by atoms with Crippen LogP contribution in [0.1, 0.15) is 58.4 Å². The Morgan fingerprint density at radius 2 is 1.76 bits per heavy atom. The van der Waals surface area contributed by atoms with Crippen LogP contribution in [0.5, 0.6) is 0 Å². The quantitative estimate of drug-likeness (QED) is 0.488. The molecule has 29 heavy (non-hydrogen) atoms. The number of carbonyl (C=O) groups excluding carboxylic acids is 3. The molecule has 0 fully saturated rings. The molecule has 1 aromatic rings. The van der Waals surface area contributed by atoms with Crippen LogP contribution in [0, 0.1) is 11.8 Å². The molecule has 7 nitrogen and oxygen atoms in total. The van der Waals surface area contributed by atoms with E-state index in [2.05, 4.69) is 5.32 Å². The second-order valence-corrected chi connectivity index (χ2v) is 7.49. The van der Waals surface area contributed by atoms with E-state index in [0.717, 1.165) is 5.56 Å². The average Bonchev–Trinajstić information content (AvgIpc) is 2.68. The molecular weight excluding hydrogens is 374 g/mol. The number of aliphatic carboxylic acids is 1. The molecular formula is C22H31NO6. The van der Waals surface area contributed by atoms with Crippen molar-refractivity contribution < 1.29 is 29.0 Å². The first-order valence-electron chi connectivity index (χ1n) is 9.97. The largest absolute Gasteiger partial charge is 0.481 e. The van der Waals surface area contributed by atoms with E-state index in [9.17, 15) is 19.2 Å². The number of amides is 1. The molecule has 0 aliphatic heterocycles. The Kier molecular flexibility index (Phi) is 10.7. The second-order valence-electron chi connectivity index (χ2n) is 7.49. The Labute approximate surface area is 171 Å². The van der Waals surface area contributed by atoms with Crippen LogP contribution < -0.4 is 5.32 Å². The van der Waals surface area contributed by atoms with Gasteiger partial charge in [0.1, 0.15) is 6.61 Å². The van der Waals surface area contributed by atoms with E-state index < -0.39 is 29.8 Å². The number of carbonyl (C=O) groups is 4. The predicted octanol–water partition coefficient (Wildman–Crippen LogP) is 3.11. The van der Waals surface area contributed by atoms with Gasteiger partial charge in [-0.05, 0) is 24.3 Å². The Morgan fingerprint density at radius 3 is 2.31 bits per heavy atom. The highest BCUT2D eigenvalue weighted by Crippen LogP contribution is 2.18. The lowest BCUT2D eigenvalue weighted by Crippen LogP contribution is -2.44. The Balaban J connectivity index is 2.72. The highest BCUT2D eigenvalue weighted by Gasteiger charge is 2.28. The van der Waals surface area contributed by atoms with E-state index in [4.69, 9.17) is 9.84 Å². The fourth-order valence-electron chi connectivity index (χ4n) is 2.97. The van der Waals surface area contributed by atoms with Crippen molar-refractivity contribution in [3.05, 3.63) is 35.9 Å². The van der Waals surface area contributed by atoms with Gasteiger partial charge in [0.25, 0.3) is 0 Å². The van der Waals surface area contributed by atoms with Crippen molar-refractivity contribution in [2.75, 3.05) is 0 Å². The summed E-state index contributed by atoms with van der Waals surface area (Å²) >= 11 is 0. The third-order valence-corrected chi connectivity index (χ3v) is 4.48. The van der Waals surface area contributed by atoms with E-state index in [1.807, 2.05) is 44.2 Å². The summed E-state index contributed by atoms with van der Waals surface area (Å²) < 4.78 is 5.28. The standard InChI is InChI=1S/C22H31NO6/c1-4-19(24)18(10-11-20(25)26)23-22(28)17(12-15(2)3)13-21(27)29-14-16-8-6-5-7-9-16/h5-9,15,17-18H,4,10-14H2,1-3H3,(H,23,28)(H,25,26)/t17-,18+/m1/s1. The molecule has 160 valence electrons. The molecule has 0 bridgehead atoms. The van der Waals surface area contributed by atoms with Crippen LogP contribution in [0.25, 0.3) is 0 Å². The van der Waals surface area contributed by atoms with E-state index in [1.54, 1.807) is 6.92 Å². The topological polar surface area (TPSA) is 110 Å². The number of ketones is 1. The average molecular weight is 405 g/mol. The third kappa shape index (κ3) is 9.87. The maximum Gasteiger partial charge on any atom is 0.306 e. The van der Waals surface area contributed by atoms with Crippen molar-refractivity contribution in [2.24, 2.45) is 11.8 Å². The molecule has 1 aromatic carbocycles. The molecule has 0 radical (unpaired) electrons. The van der Waals surface area contributed by atoms with Gasteiger partial charge in [0.15, 0.2) is 5.78 Å². The zero-order valence-electron chi connectivity index (χ0n) is 17.3. The molecule has 1 rings (SSSR count). The normalized spacial score (nSPS) is 12.8. The number of rotatable bonds is 13. The number of esters is 1. The molecule has 0 saturated carbocycles. The maximum absolute atomic E-state index is 12.7. The van der Waals surface area contributed by atoms with Crippen molar-refractivity contribution in [3.8, 4) is 0 Å². The van der Waals surface area contributed by atoms with Gasteiger partial charge in [0.05, 0.1) is 12.5 Å². The van der Waals surface area contributed by atoms with E-state index in [1.165, 1.54) is 0 Å². The molecule has 0 aliphatic carbocycles. The van der Waals surface area contributed by atoms with Gasteiger partial charge in [-0.1, -0.05) is 51.1 Å². The number of hydrogen-bond acceptors (Lipinski definition) is 5. The number of carboxylic acids is 1. The van der Waals surface area contributed by atoms with Gasteiger partial charge in [-0.25, -0.2) is 0 Å².